The molecule has 6 atom stereocenters. The number of hydrogen-bond donors (Lipinski definition) is 4. The van der Waals surface area contributed by atoms with Crippen LogP contribution in [0.3, 0.4) is 0 Å². The van der Waals surface area contributed by atoms with Gasteiger partial charge in [0.25, 0.3) is 0 Å². The van der Waals surface area contributed by atoms with Crippen molar-refractivity contribution >= 4 is 57.1 Å². The summed E-state index contributed by atoms with van der Waals surface area (Å²) in [4.78, 5) is 21.2. The SMILES string of the molecule is CCCSc1nc(NC2CC2C2C=C(F)C(I)=CC2)c2[nH]n(C3CC(=O)[C@@H](O)[C@H]3O)c2n1. The number of carbonyl (C=O) groups is 1. The van der Waals surface area contributed by atoms with Gasteiger partial charge < -0.3 is 15.5 Å². The molecule has 4 unspecified atom stereocenters. The Morgan fingerprint density at radius 2 is 2.22 bits per heavy atom. The molecular formula is C21H25FIN5O3S. The first kappa shape index (κ1) is 22.4. The van der Waals surface area contributed by atoms with Crippen molar-refractivity contribution in [2.45, 2.75) is 62.1 Å². The minimum atomic E-state index is -1.37. The van der Waals surface area contributed by atoms with E-state index in [1.807, 2.05) is 28.7 Å². The van der Waals surface area contributed by atoms with E-state index in [2.05, 4.69) is 27.3 Å². The summed E-state index contributed by atoms with van der Waals surface area (Å²) in [6, 6.07) is -0.373. The van der Waals surface area contributed by atoms with Crippen molar-refractivity contribution in [3.63, 3.8) is 0 Å². The molecule has 8 nitrogen and oxygen atoms in total. The Balaban J connectivity index is 1.38. The number of carbonyl (C=O) groups excluding carboxylic acids is 1. The zero-order valence-electron chi connectivity index (χ0n) is 17.5. The third-order valence-corrected chi connectivity index (χ3v) is 8.43. The van der Waals surface area contributed by atoms with Gasteiger partial charge in [0.15, 0.2) is 22.4 Å². The minimum Gasteiger partial charge on any atom is -0.388 e. The first-order chi connectivity index (χ1) is 15.4. The molecule has 0 aromatic carbocycles. The van der Waals surface area contributed by atoms with Crippen LogP contribution in [0.4, 0.5) is 10.2 Å². The van der Waals surface area contributed by atoms with E-state index >= 15 is 0 Å². The molecule has 3 aliphatic carbocycles. The van der Waals surface area contributed by atoms with Crippen molar-refractivity contribution in [2.24, 2.45) is 11.8 Å². The highest BCUT2D eigenvalue weighted by Crippen LogP contribution is 2.46. The molecule has 2 aromatic rings. The van der Waals surface area contributed by atoms with Crippen LogP contribution in [0, 0.1) is 11.8 Å². The van der Waals surface area contributed by atoms with Gasteiger partial charge in [0.1, 0.15) is 23.6 Å². The first-order valence-corrected chi connectivity index (χ1v) is 12.9. The summed E-state index contributed by atoms with van der Waals surface area (Å²) in [5.41, 5.74) is 1.34. The lowest BCUT2D eigenvalue weighted by Crippen LogP contribution is -2.32. The maximum absolute atomic E-state index is 14.0. The molecule has 3 aliphatic rings. The van der Waals surface area contributed by atoms with Crippen molar-refractivity contribution in [3.05, 3.63) is 21.6 Å². The van der Waals surface area contributed by atoms with E-state index < -0.39 is 18.2 Å². The lowest BCUT2D eigenvalue weighted by molar-refractivity contribution is -0.126. The van der Waals surface area contributed by atoms with Crippen LogP contribution < -0.4 is 5.32 Å². The van der Waals surface area contributed by atoms with Crippen molar-refractivity contribution in [1.29, 1.82) is 0 Å². The fraction of sp³-hybridized carbons (Fsp3) is 0.571. The maximum Gasteiger partial charge on any atom is 0.191 e. The highest BCUT2D eigenvalue weighted by atomic mass is 127. The second-order valence-corrected chi connectivity index (χ2v) is 10.9. The summed E-state index contributed by atoms with van der Waals surface area (Å²) in [6.07, 6.45) is 3.97. The third-order valence-electron chi connectivity index (χ3n) is 6.42. The number of thioether (sulfide) groups is 1. The number of anilines is 1. The largest absolute Gasteiger partial charge is 0.388 e. The van der Waals surface area contributed by atoms with Crippen molar-refractivity contribution < 1.29 is 19.4 Å². The van der Waals surface area contributed by atoms with Gasteiger partial charge in [-0.15, -0.1) is 0 Å². The molecule has 11 heteroatoms. The number of Topliss-reactive ketones (excluding diaryl/α,β-unsaturated/α-hetero) is 1. The molecule has 0 amide bonds. The molecule has 0 saturated heterocycles. The Morgan fingerprint density at radius 3 is 2.91 bits per heavy atom. The van der Waals surface area contributed by atoms with Crippen LogP contribution in [0.2, 0.25) is 0 Å². The molecular weight excluding hydrogens is 548 g/mol. The van der Waals surface area contributed by atoms with Gasteiger partial charge in [-0.1, -0.05) is 24.8 Å². The molecule has 2 aromatic heterocycles. The van der Waals surface area contributed by atoms with Gasteiger partial charge >= 0.3 is 0 Å². The van der Waals surface area contributed by atoms with Crippen molar-refractivity contribution in [2.75, 3.05) is 11.1 Å². The van der Waals surface area contributed by atoms with Gasteiger partial charge in [0.2, 0.25) is 0 Å². The fourth-order valence-corrected chi connectivity index (χ4v) is 5.65. The average molecular weight is 573 g/mol. The van der Waals surface area contributed by atoms with Crippen molar-refractivity contribution in [3.8, 4) is 0 Å². The Kier molecular flexibility index (Phi) is 6.10. The molecule has 0 radical (unpaired) electrons. The van der Waals surface area contributed by atoms with Crippen LogP contribution >= 0.6 is 34.4 Å². The third kappa shape index (κ3) is 4.01. The van der Waals surface area contributed by atoms with Gasteiger partial charge in [-0.05, 0) is 59.8 Å². The number of hydrogen-bond acceptors (Lipinski definition) is 7. The number of aliphatic hydroxyl groups excluding tert-OH is 2. The number of ketones is 1. The van der Waals surface area contributed by atoms with Gasteiger partial charge in [0.05, 0.1) is 6.04 Å². The number of aliphatic hydroxyl groups is 2. The van der Waals surface area contributed by atoms with Gasteiger partial charge in [-0.2, -0.15) is 0 Å². The zero-order valence-corrected chi connectivity index (χ0v) is 20.4. The van der Waals surface area contributed by atoms with Gasteiger partial charge in [-0.25, -0.2) is 14.4 Å². The second kappa shape index (κ2) is 8.73. The van der Waals surface area contributed by atoms with Crippen molar-refractivity contribution in [1.82, 2.24) is 19.7 Å². The first-order valence-electron chi connectivity index (χ1n) is 10.9. The number of halogens is 2. The number of aromatic amines is 1. The van der Waals surface area contributed by atoms with Crippen LogP contribution in [0.25, 0.3) is 11.2 Å². The Morgan fingerprint density at radius 1 is 1.41 bits per heavy atom. The average Bonchev–Trinajstić information content (AvgIpc) is 3.47. The van der Waals surface area contributed by atoms with Gasteiger partial charge in [0, 0.05) is 21.8 Å². The van der Waals surface area contributed by atoms with Gasteiger partial charge in [-0.3, -0.25) is 14.6 Å². The summed E-state index contributed by atoms with van der Waals surface area (Å²) in [7, 11) is 0. The number of aromatic nitrogens is 4. The number of nitrogens with zero attached hydrogens (tertiary/aromatic N) is 3. The minimum absolute atomic E-state index is 0.0512. The number of fused-ring (bicyclic) bond motifs is 1. The lowest BCUT2D eigenvalue weighted by Gasteiger charge is -2.25. The van der Waals surface area contributed by atoms with Crippen LogP contribution in [0.15, 0.2) is 26.7 Å². The molecule has 0 bridgehead atoms. The topological polar surface area (TPSA) is 116 Å². The number of H-pyrrole nitrogens is 1. The predicted octanol–water partition coefficient (Wildman–Crippen LogP) is 3.49. The summed E-state index contributed by atoms with van der Waals surface area (Å²) in [6.45, 7) is 2.09. The molecule has 32 heavy (non-hydrogen) atoms. The standard InChI is InChI=1S/C21H25FIN5O3S/c1-2-5-32-21-25-19(24-13-7-10(13)9-3-4-12(23)11(22)6-9)16-20(26-21)28(27-16)14-8-15(29)18(31)17(14)30/h4,6,9-10,13-14,17-18,27,30-31H,2-3,5,7-8H2,1H3,(H,24,25,26)/t9?,10?,13?,14?,17-,18+/m0/s1. The highest BCUT2D eigenvalue weighted by Gasteiger charge is 2.45. The maximum atomic E-state index is 14.0. The molecule has 4 N–H and O–H groups in total. The molecule has 5 rings (SSSR count). The van der Waals surface area contributed by atoms with E-state index in [9.17, 15) is 19.4 Å². The van der Waals surface area contributed by atoms with E-state index in [0.717, 1.165) is 30.5 Å². The Bertz CT molecular complexity index is 1110. The summed E-state index contributed by atoms with van der Waals surface area (Å²) >= 11 is 3.58. The van der Waals surface area contributed by atoms with E-state index in [4.69, 9.17) is 0 Å². The number of allylic oxidation sites excluding steroid dienone is 4. The molecule has 172 valence electrons. The Labute approximate surface area is 202 Å². The number of nitrogens with one attached hydrogen (secondary N) is 2. The zero-order chi connectivity index (χ0) is 22.6. The predicted molar refractivity (Wildman–Crippen MR) is 128 cm³/mol. The van der Waals surface area contributed by atoms with E-state index in [1.54, 1.807) is 22.5 Å². The van der Waals surface area contributed by atoms with E-state index in [-0.39, 0.29) is 30.0 Å². The van der Waals surface area contributed by atoms with E-state index in [1.165, 1.54) is 0 Å². The van der Waals surface area contributed by atoms with Crippen LogP contribution in [-0.4, -0.2) is 59.7 Å². The lowest BCUT2D eigenvalue weighted by atomic mass is 9.95. The second-order valence-electron chi connectivity index (χ2n) is 8.67. The van der Waals surface area contributed by atoms with E-state index in [0.29, 0.717) is 26.1 Å². The molecule has 2 fully saturated rings. The van der Waals surface area contributed by atoms with Crippen LogP contribution in [0.1, 0.15) is 38.6 Å². The molecule has 2 heterocycles. The normalized spacial score (nSPS) is 32.3. The smallest absolute Gasteiger partial charge is 0.191 e. The summed E-state index contributed by atoms with van der Waals surface area (Å²) in [5.74, 6) is 1.57. The number of rotatable bonds is 7. The molecule has 0 aliphatic heterocycles. The molecule has 0 spiro atoms. The fourth-order valence-electron chi connectivity index (χ4n) is 4.52. The summed E-state index contributed by atoms with van der Waals surface area (Å²) in [5, 5.41) is 27.4. The van der Waals surface area contributed by atoms with Crippen LogP contribution in [-0.2, 0) is 4.79 Å². The monoisotopic (exact) mass is 573 g/mol. The summed E-state index contributed by atoms with van der Waals surface area (Å²) < 4.78 is 16.3. The quantitative estimate of drug-likeness (QED) is 0.228. The van der Waals surface area contributed by atoms with Crippen LogP contribution in [0.5, 0.6) is 0 Å². The highest BCUT2D eigenvalue weighted by molar-refractivity contribution is 14.1. The Hall–Kier alpha value is -1.44. The molecule has 2 saturated carbocycles.